The molecule has 8 rings (SSSR count). The van der Waals surface area contributed by atoms with E-state index in [2.05, 4.69) is 43.2 Å². The molecule has 2 aliphatic heterocycles. The summed E-state index contributed by atoms with van der Waals surface area (Å²) < 4.78 is 40.0. The molecule has 0 bridgehead atoms. The predicted molar refractivity (Wildman–Crippen MR) is 173 cm³/mol. The van der Waals surface area contributed by atoms with E-state index in [4.69, 9.17) is 11.6 Å². The van der Waals surface area contributed by atoms with E-state index in [1.165, 1.54) is 6.07 Å². The summed E-state index contributed by atoms with van der Waals surface area (Å²) in [6.07, 6.45) is -4.02. The van der Waals surface area contributed by atoms with Gasteiger partial charge >= 0.3 is 6.18 Å². The quantitative estimate of drug-likeness (QED) is 0.118. The molecule has 6 aromatic rings. The van der Waals surface area contributed by atoms with Gasteiger partial charge in [-0.2, -0.15) is 13.2 Å². The van der Waals surface area contributed by atoms with Gasteiger partial charge in [0.2, 0.25) is 11.8 Å². The second-order valence-corrected chi connectivity index (χ2v) is 12.8. The van der Waals surface area contributed by atoms with Crippen molar-refractivity contribution in [3.63, 3.8) is 0 Å². The highest BCUT2D eigenvalue weighted by Crippen LogP contribution is 2.42. The van der Waals surface area contributed by atoms with Crippen molar-refractivity contribution in [1.82, 2.24) is 9.97 Å². The Bertz CT molecular complexity index is 2110. The molecule has 2 amide bonds. The van der Waals surface area contributed by atoms with Crippen molar-refractivity contribution in [2.45, 2.75) is 19.0 Å². The first-order valence-corrected chi connectivity index (χ1v) is 15.4. The van der Waals surface area contributed by atoms with Gasteiger partial charge in [-0.3, -0.25) is 9.59 Å². The van der Waals surface area contributed by atoms with Crippen LogP contribution in [0, 0.1) is 3.57 Å². The van der Waals surface area contributed by atoms with Crippen molar-refractivity contribution in [1.29, 1.82) is 0 Å². The minimum atomic E-state index is -4.42. The van der Waals surface area contributed by atoms with Crippen LogP contribution in [0.15, 0.2) is 66.0 Å². The van der Waals surface area contributed by atoms with E-state index in [0.29, 0.717) is 39.3 Å². The van der Waals surface area contributed by atoms with Crippen LogP contribution in [0.3, 0.4) is 0 Å². The molecule has 0 spiro atoms. The third-order valence-electron chi connectivity index (χ3n) is 7.47. The average Bonchev–Trinajstić information content (AvgIpc) is 3.60. The number of H-pyrrole nitrogens is 2. The molecule has 0 saturated heterocycles. The van der Waals surface area contributed by atoms with Crippen LogP contribution in [-0.2, 0) is 28.6 Å². The van der Waals surface area contributed by atoms with Crippen molar-refractivity contribution < 1.29 is 22.8 Å². The fraction of sp³-hybridized carbons (Fsp3) is 0.0968. The fourth-order valence-corrected chi connectivity index (χ4v) is 7.12. The Hall–Kier alpha value is -3.81. The molecule has 0 fully saturated rings. The second kappa shape index (κ2) is 10.4. The maximum Gasteiger partial charge on any atom is 0.416 e. The van der Waals surface area contributed by atoms with E-state index in [1.807, 2.05) is 41.8 Å². The van der Waals surface area contributed by atoms with E-state index in [0.717, 1.165) is 54.0 Å². The zero-order chi connectivity index (χ0) is 30.0. The summed E-state index contributed by atoms with van der Waals surface area (Å²) in [4.78, 5) is 31.8. The van der Waals surface area contributed by atoms with E-state index in [1.54, 1.807) is 17.4 Å². The zero-order valence-electron chi connectivity index (χ0n) is 21.9. The molecule has 4 N–H and O–H groups in total. The molecular formula is C31H19ClF3IN4O2S. The smallest absolute Gasteiger partial charge is 0.354 e. The number of halogens is 5. The largest absolute Gasteiger partial charge is 0.416 e. The highest BCUT2D eigenvalue weighted by atomic mass is 127. The van der Waals surface area contributed by atoms with Crippen LogP contribution in [0.1, 0.15) is 16.7 Å². The van der Waals surface area contributed by atoms with Gasteiger partial charge in [0.05, 0.1) is 46.0 Å². The molecule has 3 aromatic carbocycles. The number of rotatable bonds is 0. The fourth-order valence-electron chi connectivity index (χ4n) is 5.58. The lowest BCUT2D eigenvalue weighted by Gasteiger charge is -2.07. The Morgan fingerprint density at radius 1 is 0.767 bits per heavy atom. The third-order valence-corrected chi connectivity index (χ3v) is 9.31. The summed E-state index contributed by atoms with van der Waals surface area (Å²) in [6.45, 7) is 0. The summed E-state index contributed by atoms with van der Waals surface area (Å²) in [6, 6.07) is 16.8. The maximum atomic E-state index is 13.0. The topological polar surface area (TPSA) is 89.8 Å². The van der Waals surface area contributed by atoms with Crippen LogP contribution < -0.4 is 10.6 Å². The van der Waals surface area contributed by atoms with Crippen LogP contribution in [-0.4, -0.2) is 21.8 Å². The molecule has 3 aromatic heterocycles. The molecule has 2 aliphatic rings. The minimum Gasteiger partial charge on any atom is -0.354 e. The summed E-state index contributed by atoms with van der Waals surface area (Å²) in [5.74, 6) is -0.228. The van der Waals surface area contributed by atoms with Gasteiger partial charge in [-0.25, -0.2) is 0 Å². The van der Waals surface area contributed by atoms with E-state index < -0.39 is 11.7 Å². The maximum absolute atomic E-state index is 13.0. The number of nitrogens with one attached hydrogen (secondary N) is 4. The molecule has 0 radical (unpaired) electrons. The number of thiophene rings is 1. The Morgan fingerprint density at radius 2 is 1.42 bits per heavy atom. The Labute approximate surface area is 264 Å². The number of aromatic nitrogens is 2. The van der Waals surface area contributed by atoms with Crippen LogP contribution in [0.4, 0.5) is 24.5 Å². The first kappa shape index (κ1) is 28.0. The molecule has 0 unspecified atom stereocenters. The number of carbonyl (C=O) groups is 2. The Morgan fingerprint density at radius 3 is 2.16 bits per heavy atom. The van der Waals surface area contributed by atoms with Crippen molar-refractivity contribution in [3.8, 4) is 21.8 Å². The zero-order valence-corrected chi connectivity index (χ0v) is 25.6. The monoisotopic (exact) mass is 730 g/mol. The summed E-state index contributed by atoms with van der Waals surface area (Å²) >= 11 is 9.85. The van der Waals surface area contributed by atoms with E-state index >= 15 is 0 Å². The summed E-state index contributed by atoms with van der Waals surface area (Å²) in [7, 11) is 0. The SMILES string of the molecule is O=C1Cc2c([nH]c3ccc(C(F)(F)F)cc23)-c2cc(I)ccc2N1.O=C1Cc2c([nH]c3ccc(Cl)cc23)-c2sccc2N1. The van der Waals surface area contributed by atoms with Crippen LogP contribution in [0.25, 0.3) is 43.6 Å². The van der Waals surface area contributed by atoms with E-state index in [-0.39, 0.29) is 18.2 Å². The van der Waals surface area contributed by atoms with Crippen molar-refractivity contribution in [2.75, 3.05) is 10.6 Å². The van der Waals surface area contributed by atoms with Crippen LogP contribution in [0.2, 0.25) is 5.02 Å². The molecule has 0 atom stereocenters. The molecule has 43 heavy (non-hydrogen) atoms. The van der Waals surface area contributed by atoms with Gasteiger partial charge in [0.1, 0.15) is 0 Å². The van der Waals surface area contributed by atoms with E-state index in [9.17, 15) is 22.8 Å². The number of anilines is 2. The third kappa shape index (κ3) is 5.08. The molecule has 216 valence electrons. The number of carbonyl (C=O) groups excluding carboxylic acids is 2. The number of benzene rings is 3. The number of fused-ring (bicyclic) bond motifs is 10. The summed E-state index contributed by atoms with van der Waals surface area (Å²) in [5.41, 5.74) is 6.54. The molecule has 5 heterocycles. The number of amides is 2. The number of alkyl halides is 3. The summed E-state index contributed by atoms with van der Waals surface area (Å²) in [5, 5.41) is 9.87. The molecule has 0 saturated carbocycles. The highest BCUT2D eigenvalue weighted by Gasteiger charge is 2.32. The standard InChI is InChI=1S/C17H10F3IN2O.C14H9ClN2OS/c18-17(19,20)8-1-3-13-10(5-8)11-7-15(24)22-14-4-2-9(21)6-12(14)16(11)23-13;15-7-1-2-10-8(5-7)9-6-12(18)16-11-3-4-19-14(11)13(9)17-10/h1-6,23H,7H2,(H,22,24);1-5,17H,6H2,(H,16,18). The first-order valence-electron chi connectivity index (χ1n) is 13.0. The minimum absolute atomic E-state index is 0.0132. The lowest BCUT2D eigenvalue weighted by atomic mass is 10.0. The molecular weight excluding hydrogens is 712 g/mol. The van der Waals surface area contributed by atoms with Gasteiger partial charge in [-0.1, -0.05) is 11.6 Å². The molecule has 0 aliphatic carbocycles. The van der Waals surface area contributed by atoms with Crippen molar-refractivity contribution in [2.24, 2.45) is 0 Å². The van der Waals surface area contributed by atoms with Gasteiger partial charge in [-0.05, 0) is 99.8 Å². The lowest BCUT2D eigenvalue weighted by molar-refractivity contribution is -0.137. The second-order valence-electron chi connectivity index (χ2n) is 10.2. The van der Waals surface area contributed by atoms with Gasteiger partial charge in [0, 0.05) is 36.0 Å². The van der Waals surface area contributed by atoms with Crippen LogP contribution >= 0.6 is 45.5 Å². The van der Waals surface area contributed by atoms with Gasteiger partial charge in [-0.15, -0.1) is 11.3 Å². The van der Waals surface area contributed by atoms with Gasteiger partial charge in [0.25, 0.3) is 0 Å². The Balaban J connectivity index is 0.000000143. The normalized spacial score (nSPS) is 14.0. The Kier molecular flexibility index (Phi) is 6.78. The van der Waals surface area contributed by atoms with Crippen LogP contribution in [0.5, 0.6) is 0 Å². The lowest BCUT2D eigenvalue weighted by Crippen LogP contribution is -2.12. The number of aromatic amines is 2. The van der Waals surface area contributed by atoms with Crippen molar-refractivity contribution in [3.05, 3.63) is 91.3 Å². The number of hydrogen-bond donors (Lipinski definition) is 4. The average molecular weight is 731 g/mol. The predicted octanol–water partition coefficient (Wildman–Crippen LogP) is 9.00. The number of hydrogen-bond acceptors (Lipinski definition) is 3. The first-order chi connectivity index (χ1) is 20.5. The highest BCUT2D eigenvalue weighted by molar-refractivity contribution is 14.1. The van der Waals surface area contributed by atoms with Gasteiger partial charge < -0.3 is 20.6 Å². The molecule has 12 heteroatoms. The molecule has 6 nitrogen and oxygen atoms in total. The van der Waals surface area contributed by atoms with Gasteiger partial charge in [0.15, 0.2) is 0 Å². The van der Waals surface area contributed by atoms with Crippen molar-refractivity contribution >= 4 is 90.5 Å².